The third-order valence-electron chi connectivity index (χ3n) is 2.71. The maximum absolute atomic E-state index is 13.6. The molecule has 4 nitrogen and oxygen atoms in total. The van der Waals surface area contributed by atoms with Gasteiger partial charge >= 0.3 is 0 Å². The summed E-state index contributed by atoms with van der Waals surface area (Å²) in [6, 6.07) is 5.20. The number of nitrogens with one attached hydrogen (secondary N) is 1. The Morgan fingerprint density at radius 3 is 2.70 bits per heavy atom. The molecule has 0 atom stereocenters. The SMILES string of the molecule is Cc1cc(F)c(NC(=O)Cc2ccc(N)cn2)cc1F. The molecular weight excluding hydrogens is 264 g/mol. The quantitative estimate of drug-likeness (QED) is 0.905. The molecule has 0 bridgehead atoms. The fraction of sp³-hybridized carbons (Fsp3) is 0.143. The molecule has 3 N–H and O–H groups in total. The minimum absolute atomic E-state index is 0.0464. The number of rotatable bonds is 3. The molecule has 20 heavy (non-hydrogen) atoms. The Labute approximate surface area is 114 Å². The van der Waals surface area contributed by atoms with E-state index in [-0.39, 0.29) is 17.7 Å². The molecule has 1 aromatic heterocycles. The number of nitrogens with two attached hydrogens (primary N) is 1. The fourth-order valence-corrected chi connectivity index (χ4v) is 1.64. The van der Waals surface area contributed by atoms with Gasteiger partial charge in [0.2, 0.25) is 5.91 Å². The van der Waals surface area contributed by atoms with Gasteiger partial charge in [0.05, 0.1) is 24.0 Å². The lowest BCUT2D eigenvalue weighted by Gasteiger charge is -2.08. The normalized spacial score (nSPS) is 10.3. The number of carbonyl (C=O) groups excluding carboxylic acids is 1. The van der Waals surface area contributed by atoms with Gasteiger partial charge in [-0.1, -0.05) is 0 Å². The van der Waals surface area contributed by atoms with Crippen molar-refractivity contribution >= 4 is 17.3 Å². The lowest BCUT2D eigenvalue weighted by molar-refractivity contribution is -0.115. The van der Waals surface area contributed by atoms with Gasteiger partial charge in [-0.2, -0.15) is 0 Å². The molecule has 0 aliphatic rings. The van der Waals surface area contributed by atoms with Gasteiger partial charge in [-0.3, -0.25) is 9.78 Å². The predicted octanol–water partition coefficient (Wildman–Crippen LogP) is 2.43. The lowest BCUT2D eigenvalue weighted by atomic mass is 10.2. The minimum Gasteiger partial charge on any atom is -0.397 e. The molecule has 0 unspecified atom stereocenters. The Kier molecular flexibility index (Phi) is 3.93. The lowest BCUT2D eigenvalue weighted by Crippen LogP contribution is -2.16. The summed E-state index contributed by atoms with van der Waals surface area (Å²) in [5.41, 5.74) is 6.45. The van der Waals surface area contributed by atoms with Crippen molar-refractivity contribution < 1.29 is 13.6 Å². The Bertz CT molecular complexity index is 642. The van der Waals surface area contributed by atoms with E-state index in [1.807, 2.05) is 0 Å². The third-order valence-corrected chi connectivity index (χ3v) is 2.71. The molecule has 1 heterocycles. The van der Waals surface area contributed by atoms with Crippen molar-refractivity contribution in [3.8, 4) is 0 Å². The van der Waals surface area contributed by atoms with Crippen LogP contribution in [0, 0.1) is 18.6 Å². The van der Waals surface area contributed by atoms with Gasteiger partial charge in [-0.05, 0) is 30.7 Å². The topological polar surface area (TPSA) is 68.0 Å². The highest BCUT2D eigenvalue weighted by atomic mass is 19.1. The summed E-state index contributed by atoms with van der Waals surface area (Å²) in [4.78, 5) is 15.7. The van der Waals surface area contributed by atoms with Crippen molar-refractivity contribution in [2.24, 2.45) is 0 Å². The van der Waals surface area contributed by atoms with E-state index in [1.54, 1.807) is 12.1 Å². The van der Waals surface area contributed by atoms with Crippen LogP contribution in [-0.2, 0) is 11.2 Å². The van der Waals surface area contributed by atoms with Crippen LogP contribution < -0.4 is 11.1 Å². The molecule has 6 heteroatoms. The molecule has 0 saturated heterocycles. The number of hydrogen-bond acceptors (Lipinski definition) is 3. The van der Waals surface area contributed by atoms with Gasteiger partial charge < -0.3 is 11.1 Å². The molecule has 1 amide bonds. The second kappa shape index (κ2) is 5.64. The average molecular weight is 277 g/mol. The van der Waals surface area contributed by atoms with E-state index in [4.69, 9.17) is 5.73 Å². The van der Waals surface area contributed by atoms with Crippen molar-refractivity contribution in [3.05, 3.63) is 53.4 Å². The molecule has 0 saturated carbocycles. The molecule has 2 aromatic rings. The number of nitrogens with zero attached hydrogens (tertiary/aromatic N) is 1. The summed E-state index contributed by atoms with van der Waals surface area (Å²) in [7, 11) is 0. The molecule has 0 aliphatic heterocycles. The molecule has 0 aliphatic carbocycles. The zero-order chi connectivity index (χ0) is 14.7. The van der Waals surface area contributed by atoms with Gasteiger partial charge in [-0.25, -0.2) is 8.78 Å². The number of amides is 1. The maximum atomic E-state index is 13.6. The summed E-state index contributed by atoms with van der Waals surface area (Å²) in [6.45, 7) is 1.45. The summed E-state index contributed by atoms with van der Waals surface area (Å²) in [6.07, 6.45) is 1.38. The zero-order valence-electron chi connectivity index (χ0n) is 10.8. The third kappa shape index (κ3) is 3.28. The Balaban J connectivity index is 2.08. The highest BCUT2D eigenvalue weighted by Gasteiger charge is 2.11. The number of hydrogen-bond donors (Lipinski definition) is 2. The maximum Gasteiger partial charge on any atom is 0.230 e. The van der Waals surface area contributed by atoms with Crippen LogP contribution in [-0.4, -0.2) is 10.9 Å². The van der Waals surface area contributed by atoms with Gasteiger partial charge in [-0.15, -0.1) is 0 Å². The molecule has 104 valence electrons. The number of anilines is 2. The summed E-state index contributed by atoms with van der Waals surface area (Å²) >= 11 is 0. The van der Waals surface area contributed by atoms with Crippen LogP contribution >= 0.6 is 0 Å². The first kappa shape index (κ1) is 13.9. The van der Waals surface area contributed by atoms with E-state index in [9.17, 15) is 13.6 Å². The highest BCUT2D eigenvalue weighted by molar-refractivity contribution is 5.92. The number of pyridine rings is 1. The first-order valence-electron chi connectivity index (χ1n) is 5.91. The first-order valence-corrected chi connectivity index (χ1v) is 5.91. The van der Waals surface area contributed by atoms with Gasteiger partial charge in [0.1, 0.15) is 11.6 Å². The number of aryl methyl sites for hydroxylation is 1. The molecule has 0 radical (unpaired) electrons. The summed E-state index contributed by atoms with van der Waals surface area (Å²) in [5, 5.41) is 2.32. The van der Waals surface area contributed by atoms with Crippen LogP contribution in [0.2, 0.25) is 0 Å². The molecule has 0 spiro atoms. The number of carbonyl (C=O) groups is 1. The first-order chi connectivity index (χ1) is 9.45. The average Bonchev–Trinajstić information content (AvgIpc) is 2.39. The fourth-order valence-electron chi connectivity index (χ4n) is 1.64. The second-order valence-electron chi connectivity index (χ2n) is 4.39. The smallest absolute Gasteiger partial charge is 0.230 e. The standard InChI is InChI=1S/C14H13F2N3O/c1-8-4-12(16)13(6-11(8)15)19-14(20)5-10-3-2-9(17)7-18-10/h2-4,6-7H,5,17H2,1H3,(H,19,20). The van der Waals surface area contributed by atoms with Crippen LogP contribution in [0.4, 0.5) is 20.2 Å². The Morgan fingerprint density at radius 1 is 1.30 bits per heavy atom. The van der Waals surface area contributed by atoms with Crippen LogP contribution in [0.3, 0.4) is 0 Å². The van der Waals surface area contributed by atoms with Crippen LogP contribution in [0.5, 0.6) is 0 Å². The number of aromatic nitrogens is 1. The zero-order valence-corrected chi connectivity index (χ0v) is 10.8. The van der Waals surface area contributed by atoms with E-state index in [2.05, 4.69) is 10.3 Å². The van der Waals surface area contributed by atoms with E-state index in [0.29, 0.717) is 11.4 Å². The largest absolute Gasteiger partial charge is 0.397 e. The second-order valence-corrected chi connectivity index (χ2v) is 4.39. The predicted molar refractivity (Wildman–Crippen MR) is 72.1 cm³/mol. The Morgan fingerprint density at radius 2 is 2.05 bits per heavy atom. The van der Waals surface area contributed by atoms with Crippen LogP contribution in [0.1, 0.15) is 11.3 Å². The Hall–Kier alpha value is -2.50. The van der Waals surface area contributed by atoms with E-state index >= 15 is 0 Å². The number of benzene rings is 1. The van der Waals surface area contributed by atoms with E-state index in [1.165, 1.54) is 13.1 Å². The highest BCUT2D eigenvalue weighted by Crippen LogP contribution is 2.19. The summed E-state index contributed by atoms with van der Waals surface area (Å²) in [5.74, 6) is -1.74. The van der Waals surface area contributed by atoms with Crippen LogP contribution in [0.15, 0.2) is 30.5 Å². The van der Waals surface area contributed by atoms with Gasteiger partial charge in [0, 0.05) is 11.8 Å². The van der Waals surface area contributed by atoms with E-state index in [0.717, 1.165) is 12.1 Å². The van der Waals surface area contributed by atoms with Gasteiger partial charge in [0.15, 0.2) is 0 Å². The van der Waals surface area contributed by atoms with Crippen molar-refractivity contribution in [3.63, 3.8) is 0 Å². The van der Waals surface area contributed by atoms with Gasteiger partial charge in [0.25, 0.3) is 0 Å². The molecule has 2 rings (SSSR count). The number of halogens is 2. The van der Waals surface area contributed by atoms with Crippen LogP contribution in [0.25, 0.3) is 0 Å². The monoisotopic (exact) mass is 277 g/mol. The minimum atomic E-state index is -0.678. The molecule has 1 aromatic carbocycles. The van der Waals surface area contributed by atoms with Crippen molar-refractivity contribution in [1.82, 2.24) is 4.98 Å². The molecule has 0 fully saturated rings. The van der Waals surface area contributed by atoms with Crippen molar-refractivity contribution in [1.29, 1.82) is 0 Å². The van der Waals surface area contributed by atoms with Crippen molar-refractivity contribution in [2.45, 2.75) is 13.3 Å². The summed E-state index contributed by atoms with van der Waals surface area (Å²) < 4.78 is 26.9. The van der Waals surface area contributed by atoms with Crippen molar-refractivity contribution in [2.75, 3.05) is 11.1 Å². The number of nitrogen functional groups attached to an aromatic ring is 1. The molecular formula is C14H13F2N3O. The van der Waals surface area contributed by atoms with E-state index < -0.39 is 17.5 Å².